The second kappa shape index (κ2) is 7.16. The quantitative estimate of drug-likeness (QED) is 0.801. The average Bonchev–Trinajstić information content (AvgIpc) is 2.34. The number of halogens is 2. The zero-order valence-corrected chi connectivity index (χ0v) is 11.1. The molecule has 1 N–H and O–H groups in total. The van der Waals surface area contributed by atoms with Crippen molar-refractivity contribution < 1.29 is 23.0 Å². The molecule has 1 unspecified atom stereocenters. The van der Waals surface area contributed by atoms with Crippen LogP contribution in [0.15, 0.2) is 18.2 Å². The first kappa shape index (κ1) is 15.5. The van der Waals surface area contributed by atoms with E-state index < -0.39 is 23.8 Å². The second-order valence-electron chi connectivity index (χ2n) is 4.11. The average molecular weight is 273 g/mol. The summed E-state index contributed by atoms with van der Waals surface area (Å²) in [7, 11) is 2.91. The van der Waals surface area contributed by atoms with Gasteiger partial charge in [-0.3, -0.25) is 4.79 Å². The van der Waals surface area contributed by atoms with Crippen LogP contribution in [0.2, 0.25) is 0 Å². The Labute approximate surface area is 110 Å². The standard InChI is InChI=1S/C13H17F2NO3/c1-8(13(18-2)19-3)16-12(17)6-9-4-5-10(14)7-11(9)15/h4-5,7-8,13H,6H2,1-3H3,(H,16,17). The number of hydrogen-bond acceptors (Lipinski definition) is 3. The van der Waals surface area contributed by atoms with Crippen molar-refractivity contribution in [3.63, 3.8) is 0 Å². The molecule has 1 amide bonds. The smallest absolute Gasteiger partial charge is 0.224 e. The topological polar surface area (TPSA) is 47.6 Å². The summed E-state index contributed by atoms with van der Waals surface area (Å²) in [5, 5.41) is 2.62. The molecule has 0 spiro atoms. The number of carbonyl (C=O) groups excluding carboxylic acids is 1. The molecule has 0 fully saturated rings. The van der Waals surface area contributed by atoms with Gasteiger partial charge in [0.2, 0.25) is 5.91 Å². The minimum Gasteiger partial charge on any atom is -0.354 e. The van der Waals surface area contributed by atoms with Crippen LogP contribution in [0, 0.1) is 11.6 Å². The molecule has 0 bridgehead atoms. The maximum Gasteiger partial charge on any atom is 0.224 e. The molecule has 106 valence electrons. The Kier molecular flexibility index (Phi) is 5.85. The highest BCUT2D eigenvalue weighted by Crippen LogP contribution is 2.10. The van der Waals surface area contributed by atoms with E-state index in [9.17, 15) is 13.6 Å². The first-order valence-corrected chi connectivity index (χ1v) is 5.76. The Balaban J connectivity index is 2.60. The normalized spacial score (nSPS) is 12.5. The Morgan fingerprint density at radius 2 is 1.95 bits per heavy atom. The van der Waals surface area contributed by atoms with E-state index in [1.54, 1.807) is 6.92 Å². The van der Waals surface area contributed by atoms with Gasteiger partial charge in [0.05, 0.1) is 12.5 Å². The van der Waals surface area contributed by atoms with Gasteiger partial charge in [0, 0.05) is 20.3 Å². The third-order valence-electron chi connectivity index (χ3n) is 2.63. The van der Waals surface area contributed by atoms with Gasteiger partial charge < -0.3 is 14.8 Å². The second-order valence-corrected chi connectivity index (χ2v) is 4.11. The lowest BCUT2D eigenvalue weighted by Gasteiger charge is -2.22. The Hall–Kier alpha value is -1.53. The predicted molar refractivity (Wildman–Crippen MR) is 65.5 cm³/mol. The maximum absolute atomic E-state index is 13.4. The van der Waals surface area contributed by atoms with Crippen LogP contribution in [0.5, 0.6) is 0 Å². The molecule has 0 heterocycles. The highest BCUT2D eigenvalue weighted by Gasteiger charge is 2.18. The molecule has 0 radical (unpaired) electrons. The Bertz CT molecular complexity index is 436. The van der Waals surface area contributed by atoms with Crippen LogP contribution in [-0.2, 0) is 20.7 Å². The van der Waals surface area contributed by atoms with Crippen LogP contribution < -0.4 is 5.32 Å². The van der Waals surface area contributed by atoms with Gasteiger partial charge in [-0.05, 0) is 18.6 Å². The highest BCUT2D eigenvalue weighted by atomic mass is 19.1. The van der Waals surface area contributed by atoms with E-state index in [0.717, 1.165) is 12.1 Å². The van der Waals surface area contributed by atoms with Gasteiger partial charge in [-0.25, -0.2) is 8.78 Å². The van der Waals surface area contributed by atoms with E-state index in [1.165, 1.54) is 20.3 Å². The number of rotatable bonds is 6. The first-order valence-electron chi connectivity index (χ1n) is 5.76. The highest BCUT2D eigenvalue weighted by molar-refractivity contribution is 5.78. The fourth-order valence-corrected chi connectivity index (χ4v) is 1.72. The van der Waals surface area contributed by atoms with Crippen LogP contribution in [0.3, 0.4) is 0 Å². The molecule has 0 aliphatic carbocycles. The monoisotopic (exact) mass is 273 g/mol. The van der Waals surface area contributed by atoms with Gasteiger partial charge in [-0.15, -0.1) is 0 Å². The maximum atomic E-state index is 13.4. The zero-order chi connectivity index (χ0) is 14.4. The summed E-state index contributed by atoms with van der Waals surface area (Å²) < 4.78 is 36.1. The summed E-state index contributed by atoms with van der Waals surface area (Å²) in [4.78, 5) is 11.7. The number of methoxy groups -OCH3 is 2. The molecular weight excluding hydrogens is 256 g/mol. The number of nitrogens with one attached hydrogen (secondary N) is 1. The summed E-state index contributed by atoms with van der Waals surface area (Å²) in [5.74, 6) is -1.80. The van der Waals surface area contributed by atoms with Crippen LogP contribution >= 0.6 is 0 Å². The lowest BCUT2D eigenvalue weighted by atomic mass is 10.1. The molecule has 1 aromatic rings. The lowest BCUT2D eigenvalue weighted by molar-refractivity contribution is -0.135. The van der Waals surface area contributed by atoms with Crippen LogP contribution in [-0.4, -0.2) is 32.5 Å². The molecule has 0 aromatic heterocycles. The van der Waals surface area contributed by atoms with Crippen molar-refractivity contribution in [3.8, 4) is 0 Å². The van der Waals surface area contributed by atoms with Crippen LogP contribution in [0.1, 0.15) is 12.5 Å². The molecule has 0 aliphatic heterocycles. The van der Waals surface area contributed by atoms with Crippen molar-refractivity contribution in [3.05, 3.63) is 35.4 Å². The molecule has 1 rings (SSSR count). The van der Waals surface area contributed by atoms with Crippen LogP contribution in [0.4, 0.5) is 8.78 Å². The molecule has 0 aliphatic rings. The number of hydrogen-bond donors (Lipinski definition) is 1. The number of carbonyl (C=O) groups is 1. The minimum absolute atomic E-state index is 0.137. The number of amides is 1. The SMILES string of the molecule is COC(OC)C(C)NC(=O)Cc1ccc(F)cc1F. The van der Waals surface area contributed by atoms with Crippen molar-refractivity contribution in [2.24, 2.45) is 0 Å². The van der Waals surface area contributed by atoms with E-state index in [4.69, 9.17) is 9.47 Å². The number of ether oxygens (including phenoxy) is 2. The van der Waals surface area contributed by atoms with Crippen molar-refractivity contribution in [2.45, 2.75) is 25.7 Å². The van der Waals surface area contributed by atoms with Crippen molar-refractivity contribution in [2.75, 3.05) is 14.2 Å². The van der Waals surface area contributed by atoms with Gasteiger partial charge in [0.1, 0.15) is 11.6 Å². The summed E-state index contributed by atoms with van der Waals surface area (Å²) in [5.41, 5.74) is 0.137. The molecule has 1 aromatic carbocycles. The van der Waals surface area contributed by atoms with E-state index in [0.29, 0.717) is 0 Å². The van der Waals surface area contributed by atoms with Gasteiger partial charge in [-0.1, -0.05) is 6.07 Å². The van der Waals surface area contributed by atoms with Crippen molar-refractivity contribution in [1.82, 2.24) is 5.32 Å². The third kappa shape index (κ3) is 4.57. The zero-order valence-electron chi connectivity index (χ0n) is 11.1. The minimum atomic E-state index is -0.738. The fraction of sp³-hybridized carbons (Fsp3) is 0.462. The van der Waals surface area contributed by atoms with Gasteiger partial charge >= 0.3 is 0 Å². The summed E-state index contributed by atoms with van der Waals surface area (Å²) >= 11 is 0. The van der Waals surface area contributed by atoms with Crippen molar-refractivity contribution >= 4 is 5.91 Å². The summed E-state index contributed by atoms with van der Waals surface area (Å²) in [6, 6.07) is 2.73. The van der Waals surface area contributed by atoms with E-state index >= 15 is 0 Å². The van der Waals surface area contributed by atoms with Crippen LogP contribution in [0.25, 0.3) is 0 Å². The lowest BCUT2D eigenvalue weighted by Crippen LogP contribution is -2.43. The molecule has 6 heteroatoms. The van der Waals surface area contributed by atoms with E-state index in [-0.39, 0.29) is 18.0 Å². The Morgan fingerprint density at radius 1 is 1.32 bits per heavy atom. The molecule has 4 nitrogen and oxygen atoms in total. The van der Waals surface area contributed by atoms with Gasteiger partial charge in [0.15, 0.2) is 6.29 Å². The molecule has 0 saturated heterocycles. The van der Waals surface area contributed by atoms with E-state index in [2.05, 4.69) is 5.32 Å². The molecular formula is C13H17F2NO3. The largest absolute Gasteiger partial charge is 0.354 e. The first-order chi connectivity index (χ1) is 8.97. The van der Waals surface area contributed by atoms with Crippen molar-refractivity contribution in [1.29, 1.82) is 0 Å². The fourth-order valence-electron chi connectivity index (χ4n) is 1.72. The summed E-state index contributed by atoms with van der Waals surface area (Å²) in [6.07, 6.45) is -0.752. The molecule has 1 atom stereocenters. The predicted octanol–water partition coefficient (Wildman–Crippen LogP) is 1.63. The van der Waals surface area contributed by atoms with Gasteiger partial charge in [-0.2, -0.15) is 0 Å². The third-order valence-corrected chi connectivity index (χ3v) is 2.63. The number of benzene rings is 1. The molecule has 19 heavy (non-hydrogen) atoms. The van der Waals surface area contributed by atoms with E-state index in [1.807, 2.05) is 0 Å². The van der Waals surface area contributed by atoms with Gasteiger partial charge in [0.25, 0.3) is 0 Å². The Morgan fingerprint density at radius 3 is 2.47 bits per heavy atom. The molecule has 0 saturated carbocycles. The summed E-state index contributed by atoms with van der Waals surface area (Å²) in [6.45, 7) is 1.70.